The van der Waals surface area contributed by atoms with Gasteiger partial charge >= 0.3 is 11.9 Å². The van der Waals surface area contributed by atoms with E-state index in [1.54, 1.807) is 11.8 Å². The Morgan fingerprint density at radius 1 is 0.500 bits per heavy atom. The molecule has 3 N–H and O–H groups in total. The molecular weight excluding hydrogens is 576 g/mol. The molecule has 0 heterocycles. The summed E-state index contributed by atoms with van der Waals surface area (Å²) in [5, 5.41) is 0. The second-order valence-electron chi connectivity index (χ2n) is 13.8. The van der Waals surface area contributed by atoms with Gasteiger partial charge in [0, 0.05) is 0 Å². The van der Waals surface area contributed by atoms with E-state index in [1.165, 1.54) is 77.0 Å². The van der Waals surface area contributed by atoms with Crippen LogP contribution in [0.25, 0.3) is 0 Å². The SMILES string of the molecule is CCCCCCCC(CCCCCCC)C(=O)OCCN(CCOC(=O)C(CCCCCCC)CCCCCCC)C(=O)C(C)[NH3+]. The molecule has 7 heteroatoms. The lowest BCUT2D eigenvalue weighted by Crippen LogP contribution is -2.66. The quantitative estimate of drug-likeness (QED) is 0.0562. The lowest BCUT2D eigenvalue weighted by atomic mass is 9.94. The molecule has 0 rings (SSSR count). The summed E-state index contributed by atoms with van der Waals surface area (Å²) in [6.45, 7) is 11.5. The van der Waals surface area contributed by atoms with E-state index >= 15 is 0 Å². The summed E-state index contributed by atoms with van der Waals surface area (Å²) in [4.78, 5) is 40.9. The lowest BCUT2D eigenvalue weighted by molar-refractivity contribution is -0.400. The fourth-order valence-corrected chi connectivity index (χ4v) is 6.13. The summed E-state index contributed by atoms with van der Waals surface area (Å²) in [7, 11) is 0. The Kier molecular flexibility index (Phi) is 30.8. The molecule has 46 heavy (non-hydrogen) atoms. The minimum absolute atomic E-state index is 0.0685. The molecule has 0 radical (unpaired) electrons. The molecular formula is C39H77N2O5+. The van der Waals surface area contributed by atoms with Crippen molar-refractivity contribution in [2.75, 3.05) is 26.3 Å². The molecule has 0 saturated carbocycles. The van der Waals surface area contributed by atoms with Gasteiger partial charge in [-0.3, -0.25) is 14.4 Å². The van der Waals surface area contributed by atoms with E-state index in [2.05, 4.69) is 33.4 Å². The van der Waals surface area contributed by atoms with Crippen LogP contribution in [0.3, 0.4) is 0 Å². The Labute approximate surface area is 284 Å². The van der Waals surface area contributed by atoms with Crippen molar-refractivity contribution in [3.8, 4) is 0 Å². The second kappa shape index (κ2) is 31.9. The van der Waals surface area contributed by atoms with Gasteiger partial charge in [-0.1, -0.05) is 156 Å². The highest BCUT2D eigenvalue weighted by atomic mass is 16.5. The van der Waals surface area contributed by atoms with Crippen molar-refractivity contribution in [1.29, 1.82) is 0 Å². The minimum atomic E-state index is -0.426. The minimum Gasteiger partial charge on any atom is -0.464 e. The number of ether oxygens (including phenoxy) is 2. The van der Waals surface area contributed by atoms with E-state index in [1.807, 2.05) is 0 Å². The van der Waals surface area contributed by atoms with Crippen LogP contribution in [-0.4, -0.2) is 55.1 Å². The molecule has 1 amide bonds. The van der Waals surface area contributed by atoms with Gasteiger partial charge in [0.1, 0.15) is 13.2 Å². The molecule has 1 atom stereocenters. The monoisotopic (exact) mass is 654 g/mol. The number of esters is 2. The van der Waals surface area contributed by atoms with Gasteiger partial charge < -0.3 is 20.1 Å². The largest absolute Gasteiger partial charge is 0.464 e. The molecule has 272 valence electrons. The van der Waals surface area contributed by atoms with Crippen LogP contribution >= 0.6 is 0 Å². The van der Waals surface area contributed by atoms with Crippen molar-refractivity contribution in [3.05, 3.63) is 0 Å². The number of rotatable bonds is 33. The zero-order chi connectivity index (χ0) is 34.3. The number of unbranched alkanes of at least 4 members (excludes halogenated alkanes) is 16. The fourth-order valence-electron chi connectivity index (χ4n) is 6.13. The van der Waals surface area contributed by atoms with Gasteiger partial charge in [0.15, 0.2) is 6.04 Å². The molecule has 0 aromatic rings. The average molecular weight is 654 g/mol. The van der Waals surface area contributed by atoms with Crippen LogP contribution in [-0.2, 0) is 23.9 Å². The third kappa shape index (κ3) is 24.5. The number of quaternary nitrogens is 1. The summed E-state index contributed by atoms with van der Waals surface area (Å²) in [6, 6.07) is -0.426. The molecule has 7 nitrogen and oxygen atoms in total. The summed E-state index contributed by atoms with van der Waals surface area (Å²) in [6.07, 6.45) is 27.1. The van der Waals surface area contributed by atoms with Gasteiger partial charge in [-0.05, 0) is 32.6 Å². The summed E-state index contributed by atoms with van der Waals surface area (Å²) < 4.78 is 11.5. The summed E-state index contributed by atoms with van der Waals surface area (Å²) in [5.41, 5.74) is 3.92. The third-order valence-corrected chi connectivity index (χ3v) is 9.24. The first kappa shape index (κ1) is 44.4. The first-order chi connectivity index (χ1) is 22.3. The molecule has 0 aliphatic rings. The summed E-state index contributed by atoms with van der Waals surface area (Å²) >= 11 is 0. The standard InChI is InChI=1S/C39H76N2O5/c1-6-10-14-18-22-26-35(27-23-19-15-11-7-2)38(43)45-32-30-41(37(42)34(5)40)31-33-46-39(44)36(28-24-20-16-12-8-3)29-25-21-17-13-9-4/h34-36H,6-33,40H2,1-5H3/p+1. The van der Waals surface area contributed by atoms with Gasteiger partial charge in [0.2, 0.25) is 0 Å². The van der Waals surface area contributed by atoms with Crippen LogP contribution in [0.5, 0.6) is 0 Å². The van der Waals surface area contributed by atoms with Crippen molar-refractivity contribution in [2.24, 2.45) is 11.8 Å². The maximum Gasteiger partial charge on any atom is 0.308 e. The number of hydrogen-bond acceptors (Lipinski definition) is 5. The van der Waals surface area contributed by atoms with Crippen LogP contribution in [0, 0.1) is 11.8 Å². The molecule has 0 bridgehead atoms. The first-order valence-electron chi connectivity index (χ1n) is 19.8. The fraction of sp³-hybridized carbons (Fsp3) is 0.923. The smallest absolute Gasteiger partial charge is 0.308 e. The van der Waals surface area contributed by atoms with Crippen LogP contribution in [0.15, 0.2) is 0 Å². The van der Waals surface area contributed by atoms with Crippen LogP contribution in [0.4, 0.5) is 0 Å². The Hall–Kier alpha value is -1.63. The van der Waals surface area contributed by atoms with E-state index in [0.29, 0.717) is 13.1 Å². The van der Waals surface area contributed by atoms with Crippen molar-refractivity contribution in [2.45, 2.75) is 195 Å². The molecule has 0 aromatic carbocycles. The van der Waals surface area contributed by atoms with E-state index in [9.17, 15) is 14.4 Å². The van der Waals surface area contributed by atoms with E-state index in [4.69, 9.17) is 9.47 Å². The molecule has 0 fully saturated rings. The topological polar surface area (TPSA) is 101 Å². The Morgan fingerprint density at radius 2 is 0.783 bits per heavy atom. The summed E-state index contributed by atoms with van der Waals surface area (Å²) in [5.74, 6) is -0.512. The first-order valence-corrected chi connectivity index (χ1v) is 19.8. The Bertz CT molecular complexity index is 651. The van der Waals surface area contributed by atoms with E-state index < -0.39 is 6.04 Å². The van der Waals surface area contributed by atoms with Crippen LogP contribution in [0.2, 0.25) is 0 Å². The maximum absolute atomic E-state index is 13.1. The van der Waals surface area contributed by atoms with Crippen molar-refractivity contribution >= 4 is 17.8 Å². The maximum atomic E-state index is 13.1. The van der Waals surface area contributed by atoms with Crippen molar-refractivity contribution in [3.63, 3.8) is 0 Å². The van der Waals surface area contributed by atoms with E-state index in [0.717, 1.165) is 77.0 Å². The van der Waals surface area contributed by atoms with E-state index in [-0.39, 0.29) is 42.9 Å². The van der Waals surface area contributed by atoms with Crippen LogP contribution < -0.4 is 5.73 Å². The predicted octanol–water partition coefficient (Wildman–Crippen LogP) is 9.21. The number of carbonyl (C=O) groups is 3. The zero-order valence-corrected chi connectivity index (χ0v) is 31.2. The lowest BCUT2D eigenvalue weighted by Gasteiger charge is -2.24. The molecule has 0 aliphatic carbocycles. The van der Waals surface area contributed by atoms with Gasteiger partial charge in [-0.15, -0.1) is 0 Å². The molecule has 0 saturated heterocycles. The van der Waals surface area contributed by atoms with Gasteiger partial charge in [0.05, 0.1) is 24.9 Å². The number of hydrogen-bond donors (Lipinski definition) is 1. The Balaban J connectivity index is 4.98. The highest BCUT2D eigenvalue weighted by molar-refractivity contribution is 5.80. The Morgan fingerprint density at radius 3 is 1.04 bits per heavy atom. The predicted molar refractivity (Wildman–Crippen MR) is 191 cm³/mol. The molecule has 1 unspecified atom stereocenters. The third-order valence-electron chi connectivity index (χ3n) is 9.24. The van der Waals surface area contributed by atoms with Crippen molar-refractivity contribution in [1.82, 2.24) is 4.90 Å². The second-order valence-corrected chi connectivity index (χ2v) is 13.8. The van der Waals surface area contributed by atoms with Gasteiger partial charge in [0.25, 0.3) is 5.91 Å². The number of carbonyl (C=O) groups excluding carboxylic acids is 3. The van der Waals surface area contributed by atoms with Gasteiger partial charge in [-0.25, -0.2) is 0 Å². The van der Waals surface area contributed by atoms with Crippen molar-refractivity contribution < 1.29 is 29.6 Å². The number of amides is 1. The molecule has 0 aromatic heterocycles. The number of nitrogens with zero attached hydrogens (tertiary/aromatic N) is 1. The van der Waals surface area contributed by atoms with Gasteiger partial charge in [-0.2, -0.15) is 0 Å². The highest BCUT2D eigenvalue weighted by Crippen LogP contribution is 2.22. The van der Waals surface area contributed by atoms with Crippen LogP contribution in [0.1, 0.15) is 189 Å². The zero-order valence-electron chi connectivity index (χ0n) is 31.2. The molecule has 0 spiro atoms. The molecule has 0 aliphatic heterocycles. The normalized spacial score (nSPS) is 12.1. The average Bonchev–Trinajstić information content (AvgIpc) is 3.04. The highest BCUT2D eigenvalue weighted by Gasteiger charge is 2.24.